The van der Waals surface area contributed by atoms with Gasteiger partial charge in [-0.25, -0.2) is 0 Å². The molecule has 2 aliphatic heterocycles. The van der Waals surface area contributed by atoms with Gasteiger partial charge in [-0.05, 0) is 42.0 Å². The summed E-state index contributed by atoms with van der Waals surface area (Å²) in [5.41, 5.74) is 1.15. The fourth-order valence-corrected chi connectivity index (χ4v) is 4.55. The minimum Gasteiger partial charge on any atom is -0.489 e. The van der Waals surface area contributed by atoms with Gasteiger partial charge in [0.25, 0.3) is 0 Å². The maximum Gasteiger partial charge on any atom is 0.179 e. The summed E-state index contributed by atoms with van der Waals surface area (Å²) in [5, 5.41) is 2.76. The molecule has 1 fully saturated rings. The number of nitrogens with zero attached hydrogens (tertiary/aromatic N) is 1. The Morgan fingerprint density at radius 2 is 2.04 bits per heavy atom. The molecule has 0 amide bonds. The fraction of sp³-hybridized carbons (Fsp3) is 0.500. The first-order valence-electron chi connectivity index (χ1n) is 9.22. The zero-order valence-electron chi connectivity index (χ0n) is 14.8. The largest absolute Gasteiger partial charge is 0.489 e. The van der Waals surface area contributed by atoms with E-state index in [0.717, 1.165) is 56.8 Å². The Hall–Kier alpha value is -1.27. The van der Waals surface area contributed by atoms with E-state index in [2.05, 4.69) is 28.5 Å². The predicted octanol–water partition coefficient (Wildman–Crippen LogP) is 4.74. The fourth-order valence-electron chi connectivity index (χ4n) is 3.52. The van der Waals surface area contributed by atoms with E-state index >= 15 is 0 Å². The van der Waals surface area contributed by atoms with E-state index in [1.165, 1.54) is 4.88 Å². The van der Waals surface area contributed by atoms with E-state index in [9.17, 15) is 0 Å². The summed E-state index contributed by atoms with van der Waals surface area (Å²) < 4.78 is 17.4. The standard InChI is InChI=1S/C20H24ClNO3S/c21-18-10-15(11-19-20(18)25-8-3-7-24-19)12-22(13-16-4-1-6-23-16)14-17-5-2-9-26-17/h2,5,9-11,16H,1,3-4,6-8,12-14H2. The summed E-state index contributed by atoms with van der Waals surface area (Å²) in [6, 6.07) is 8.37. The lowest BCUT2D eigenvalue weighted by molar-refractivity contribution is 0.0682. The van der Waals surface area contributed by atoms with Crippen LogP contribution in [0.4, 0.5) is 0 Å². The van der Waals surface area contributed by atoms with Crippen LogP contribution in [0.2, 0.25) is 5.02 Å². The van der Waals surface area contributed by atoms with Gasteiger partial charge in [0.15, 0.2) is 11.5 Å². The Kier molecular flexibility index (Phi) is 6.00. The van der Waals surface area contributed by atoms with Crippen molar-refractivity contribution in [3.8, 4) is 11.5 Å². The summed E-state index contributed by atoms with van der Waals surface area (Å²) in [7, 11) is 0. The normalized spacial score (nSPS) is 19.7. The summed E-state index contributed by atoms with van der Waals surface area (Å²) >= 11 is 8.27. The molecule has 0 spiro atoms. The van der Waals surface area contributed by atoms with Crippen molar-refractivity contribution < 1.29 is 14.2 Å². The first-order chi connectivity index (χ1) is 12.8. The van der Waals surface area contributed by atoms with Crippen LogP contribution in [0.3, 0.4) is 0 Å². The van der Waals surface area contributed by atoms with E-state index in [1.54, 1.807) is 11.3 Å². The molecule has 4 rings (SSSR count). The predicted molar refractivity (Wildman–Crippen MR) is 104 cm³/mol. The SMILES string of the molecule is Clc1cc(CN(Cc2cccs2)CC2CCCO2)cc2c1OCCCO2. The van der Waals surface area contributed by atoms with Crippen molar-refractivity contribution in [2.75, 3.05) is 26.4 Å². The van der Waals surface area contributed by atoms with E-state index in [4.69, 9.17) is 25.8 Å². The molecule has 2 aliphatic rings. The second kappa shape index (κ2) is 8.61. The van der Waals surface area contributed by atoms with Gasteiger partial charge >= 0.3 is 0 Å². The van der Waals surface area contributed by atoms with Crippen molar-refractivity contribution >= 4 is 22.9 Å². The summed E-state index contributed by atoms with van der Waals surface area (Å²) in [4.78, 5) is 3.81. The van der Waals surface area contributed by atoms with Gasteiger partial charge in [0.2, 0.25) is 0 Å². The molecular formula is C20H24ClNO3S. The quantitative estimate of drug-likeness (QED) is 0.709. The summed E-state index contributed by atoms with van der Waals surface area (Å²) in [6.07, 6.45) is 3.51. The highest BCUT2D eigenvalue weighted by Gasteiger charge is 2.21. The van der Waals surface area contributed by atoms with Gasteiger partial charge in [-0.2, -0.15) is 0 Å². The molecule has 1 aromatic carbocycles. The highest BCUT2D eigenvalue weighted by molar-refractivity contribution is 7.09. The van der Waals surface area contributed by atoms with Crippen molar-refractivity contribution in [3.05, 3.63) is 45.1 Å². The van der Waals surface area contributed by atoms with Crippen LogP contribution in [0.15, 0.2) is 29.6 Å². The molecule has 140 valence electrons. The van der Waals surface area contributed by atoms with E-state index in [1.807, 2.05) is 6.07 Å². The number of rotatable bonds is 6. The third-order valence-corrected chi connectivity index (χ3v) is 5.86. The number of thiophene rings is 1. The van der Waals surface area contributed by atoms with E-state index in [0.29, 0.717) is 30.1 Å². The Morgan fingerprint density at radius 1 is 1.12 bits per heavy atom. The van der Waals surface area contributed by atoms with Crippen LogP contribution in [0.5, 0.6) is 11.5 Å². The van der Waals surface area contributed by atoms with Crippen molar-refractivity contribution in [2.45, 2.75) is 38.5 Å². The van der Waals surface area contributed by atoms with Gasteiger partial charge in [-0.15, -0.1) is 11.3 Å². The third kappa shape index (κ3) is 4.52. The second-order valence-corrected chi connectivity index (χ2v) is 8.28. The maximum absolute atomic E-state index is 6.47. The molecule has 0 saturated carbocycles. The Morgan fingerprint density at radius 3 is 2.85 bits per heavy atom. The zero-order chi connectivity index (χ0) is 17.8. The lowest BCUT2D eigenvalue weighted by Crippen LogP contribution is -2.31. The zero-order valence-corrected chi connectivity index (χ0v) is 16.4. The molecule has 0 N–H and O–H groups in total. The lowest BCUT2D eigenvalue weighted by Gasteiger charge is -2.25. The molecule has 0 aliphatic carbocycles. The summed E-state index contributed by atoms with van der Waals surface area (Å²) in [5.74, 6) is 1.44. The minimum absolute atomic E-state index is 0.325. The Bertz CT molecular complexity index is 716. The average molecular weight is 394 g/mol. The smallest absolute Gasteiger partial charge is 0.179 e. The summed E-state index contributed by atoms with van der Waals surface area (Å²) in [6.45, 7) is 4.87. The van der Waals surface area contributed by atoms with Crippen LogP contribution in [0.1, 0.15) is 29.7 Å². The van der Waals surface area contributed by atoms with Crippen LogP contribution < -0.4 is 9.47 Å². The lowest BCUT2D eigenvalue weighted by atomic mass is 10.1. The van der Waals surface area contributed by atoms with Crippen LogP contribution in [0, 0.1) is 0 Å². The first-order valence-corrected chi connectivity index (χ1v) is 10.5. The van der Waals surface area contributed by atoms with Crippen LogP contribution in [0.25, 0.3) is 0 Å². The van der Waals surface area contributed by atoms with Crippen molar-refractivity contribution in [2.24, 2.45) is 0 Å². The molecule has 26 heavy (non-hydrogen) atoms. The molecule has 1 saturated heterocycles. The number of ether oxygens (including phenoxy) is 3. The number of hydrogen-bond acceptors (Lipinski definition) is 5. The number of fused-ring (bicyclic) bond motifs is 1. The average Bonchev–Trinajstić information content (AvgIpc) is 3.26. The second-order valence-electron chi connectivity index (χ2n) is 6.84. The van der Waals surface area contributed by atoms with Gasteiger partial charge in [0.05, 0.1) is 24.3 Å². The monoisotopic (exact) mass is 393 g/mol. The highest BCUT2D eigenvalue weighted by atomic mass is 35.5. The molecule has 6 heteroatoms. The van der Waals surface area contributed by atoms with Crippen molar-refractivity contribution in [1.82, 2.24) is 4.90 Å². The van der Waals surface area contributed by atoms with E-state index in [-0.39, 0.29) is 0 Å². The molecule has 1 aromatic heterocycles. The third-order valence-electron chi connectivity index (χ3n) is 4.71. The van der Waals surface area contributed by atoms with Gasteiger partial charge in [-0.3, -0.25) is 4.90 Å². The maximum atomic E-state index is 6.47. The molecule has 4 nitrogen and oxygen atoms in total. The minimum atomic E-state index is 0.325. The number of benzene rings is 1. The van der Waals surface area contributed by atoms with Gasteiger partial charge < -0.3 is 14.2 Å². The Balaban J connectivity index is 1.52. The topological polar surface area (TPSA) is 30.9 Å². The molecule has 0 radical (unpaired) electrons. The van der Waals surface area contributed by atoms with Gasteiger partial charge in [0.1, 0.15) is 0 Å². The van der Waals surface area contributed by atoms with Gasteiger partial charge in [0, 0.05) is 37.5 Å². The van der Waals surface area contributed by atoms with Gasteiger partial charge in [-0.1, -0.05) is 17.7 Å². The van der Waals surface area contributed by atoms with Crippen molar-refractivity contribution in [3.63, 3.8) is 0 Å². The number of halogens is 1. The van der Waals surface area contributed by atoms with Crippen LogP contribution in [-0.4, -0.2) is 37.4 Å². The molecule has 0 bridgehead atoms. The van der Waals surface area contributed by atoms with E-state index < -0.39 is 0 Å². The van der Waals surface area contributed by atoms with Crippen LogP contribution in [-0.2, 0) is 17.8 Å². The first kappa shape index (κ1) is 18.1. The number of hydrogen-bond donors (Lipinski definition) is 0. The van der Waals surface area contributed by atoms with Crippen molar-refractivity contribution in [1.29, 1.82) is 0 Å². The molecule has 3 heterocycles. The molecule has 1 atom stereocenters. The molecule has 2 aromatic rings. The molecule has 1 unspecified atom stereocenters. The highest BCUT2D eigenvalue weighted by Crippen LogP contribution is 2.38. The Labute approximate surface area is 163 Å². The molecular weight excluding hydrogens is 370 g/mol. The van der Waals surface area contributed by atoms with Crippen LogP contribution >= 0.6 is 22.9 Å².